The van der Waals surface area contributed by atoms with E-state index in [1.54, 1.807) is 0 Å². The van der Waals surface area contributed by atoms with Gasteiger partial charge in [0.25, 0.3) is 0 Å². The molecule has 0 aromatic rings. The number of unbranched alkanes of at least 4 members (excludes halogenated alkanes) is 5. The van der Waals surface area contributed by atoms with Gasteiger partial charge in [-0.25, -0.2) is 8.42 Å². The average molecular weight is 479 g/mol. The molecule has 0 amide bonds. The van der Waals surface area contributed by atoms with Crippen LogP contribution in [0.5, 0.6) is 0 Å². The third-order valence-corrected chi connectivity index (χ3v) is 7.77. The van der Waals surface area contributed by atoms with Crippen LogP contribution >= 0.6 is 0 Å². The molecule has 0 saturated heterocycles. The van der Waals surface area contributed by atoms with Crippen molar-refractivity contribution < 1.29 is 37.0 Å². The first-order valence-corrected chi connectivity index (χ1v) is 13.4. The van der Waals surface area contributed by atoms with Crippen LogP contribution in [-0.4, -0.2) is 57.7 Å². The number of carbonyl (C=O) groups is 3. The van der Waals surface area contributed by atoms with Gasteiger partial charge in [0.2, 0.25) is 0 Å². The number of carbonyl (C=O) groups excluding carboxylic acids is 3. The van der Waals surface area contributed by atoms with E-state index in [1.165, 1.54) is 21.1 Å². The molecular formula is C23H42O8S. The summed E-state index contributed by atoms with van der Waals surface area (Å²) in [6.45, 7) is 3.45. The van der Waals surface area contributed by atoms with E-state index in [2.05, 4.69) is 11.7 Å². The summed E-state index contributed by atoms with van der Waals surface area (Å²) in [4.78, 5) is 35.3. The largest absolute Gasteiger partial charge is 0.469 e. The summed E-state index contributed by atoms with van der Waals surface area (Å²) in [5.74, 6) is -1.38. The van der Waals surface area contributed by atoms with E-state index in [0.717, 1.165) is 38.4 Å². The normalized spacial score (nSPS) is 14.3. The quantitative estimate of drug-likeness (QED) is 0.164. The third kappa shape index (κ3) is 11.3. The third-order valence-electron chi connectivity index (χ3n) is 5.78. The van der Waals surface area contributed by atoms with Crippen molar-refractivity contribution in [2.45, 2.75) is 108 Å². The lowest BCUT2D eigenvalue weighted by Crippen LogP contribution is -2.47. The van der Waals surface area contributed by atoms with E-state index < -0.39 is 20.6 Å². The first kappa shape index (κ1) is 30.4. The molecule has 0 aliphatic heterocycles. The summed E-state index contributed by atoms with van der Waals surface area (Å²) < 4.78 is 38.7. The topological polar surface area (TPSA) is 113 Å². The smallest absolute Gasteiger partial charge is 0.327 e. The Kier molecular flexibility index (Phi) is 15.2. The van der Waals surface area contributed by atoms with E-state index in [0.29, 0.717) is 38.5 Å². The summed E-state index contributed by atoms with van der Waals surface area (Å²) >= 11 is 0. The second-order valence-corrected chi connectivity index (χ2v) is 10.7. The van der Waals surface area contributed by atoms with Crippen molar-refractivity contribution in [2.75, 3.05) is 20.5 Å². The fourth-order valence-electron chi connectivity index (χ4n) is 3.91. The molecule has 0 bridgehead atoms. The van der Waals surface area contributed by atoms with E-state index in [1.807, 2.05) is 0 Å². The minimum Gasteiger partial charge on any atom is -0.469 e. The van der Waals surface area contributed by atoms with Gasteiger partial charge in [0.15, 0.2) is 14.6 Å². The van der Waals surface area contributed by atoms with Crippen molar-refractivity contribution in [3.8, 4) is 0 Å². The van der Waals surface area contributed by atoms with Crippen LogP contribution in [0.3, 0.4) is 0 Å². The maximum absolute atomic E-state index is 12.7. The molecule has 8 nitrogen and oxygen atoms in total. The SMILES string of the molecule is CCCCCC(CCCC(CCCCCCC(=O)OC)(C(=O)OC)S(C)(=O)=O)OC(C)=O. The highest BCUT2D eigenvalue weighted by Crippen LogP contribution is 2.33. The van der Waals surface area contributed by atoms with Gasteiger partial charge in [0.1, 0.15) is 6.10 Å². The Morgan fingerprint density at radius 1 is 0.844 bits per heavy atom. The number of methoxy groups -OCH3 is 2. The second kappa shape index (κ2) is 16.0. The van der Waals surface area contributed by atoms with Gasteiger partial charge in [-0.05, 0) is 44.9 Å². The molecule has 0 fully saturated rings. The molecule has 32 heavy (non-hydrogen) atoms. The van der Waals surface area contributed by atoms with E-state index in [9.17, 15) is 22.8 Å². The first-order chi connectivity index (χ1) is 15.0. The fourth-order valence-corrected chi connectivity index (χ4v) is 5.32. The summed E-state index contributed by atoms with van der Waals surface area (Å²) in [6.07, 6.45) is 8.63. The Morgan fingerprint density at radius 3 is 1.97 bits per heavy atom. The highest BCUT2D eigenvalue weighted by molar-refractivity contribution is 7.92. The van der Waals surface area contributed by atoms with Crippen molar-refractivity contribution in [2.24, 2.45) is 0 Å². The molecule has 0 N–H and O–H groups in total. The monoisotopic (exact) mass is 478 g/mol. The Morgan fingerprint density at radius 2 is 1.44 bits per heavy atom. The van der Waals surface area contributed by atoms with Gasteiger partial charge in [0, 0.05) is 19.6 Å². The van der Waals surface area contributed by atoms with Crippen molar-refractivity contribution in [1.29, 1.82) is 0 Å². The maximum Gasteiger partial charge on any atom is 0.327 e. The molecular weight excluding hydrogens is 436 g/mol. The van der Waals surface area contributed by atoms with Gasteiger partial charge >= 0.3 is 17.9 Å². The zero-order chi connectivity index (χ0) is 24.6. The van der Waals surface area contributed by atoms with Crippen LogP contribution in [0.25, 0.3) is 0 Å². The lowest BCUT2D eigenvalue weighted by molar-refractivity contribution is -0.148. The summed E-state index contributed by atoms with van der Waals surface area (Å²) in [5, 5.41) is 0. The molecule has 0 spiro atoms. The van der Waals surface area contributed by atoms with Crippen LogP contribution in [0, 0.1) is 0 Å². The zero-order valence-corrected chi connectivity index (χ0v) is 21.3. The molecule has 9 heteroatoms. The predicted molar refractivity (Wildman–Crippen MR) is 123 cm³/mol. The molecule has 0 aliphatic carbocycles. The van der Waals surface area contributed by atoms with Crippen molar-refractivity contribution in [3.05, 3.63) is 0 Å². The molecule has 0 aromatic heterocycles. The molecule has 0 radical (unpaired) electrons. The lowest BCUT2D eigenvalue weighted by Gasteiger charge is -2.30. The Labute approximate surface area is 193 Å². The zero-order valence-electron chi connectivity index (χ0n) is 20.4. The van der Waals surface area contributed by atoms with Crippen LogP contribution in [0.1, 0.15) is 97.3 Å². The fraction of sp³-hybridized carbons (Fsp3) is 0.870. The van der Waals surface area contributed by atoms with Crippen molar-refractivity contribution in [1.82, 2.24) is 0 Å². The van der Waals surface area contributed by atoms with E-state index >= 15 is 0 Å². The van der Waals surface area contributed by atoms with Gasteiger partial charge in [0.05, 0.1) is 14.2 Å². The highest BCUT2D eigenvalue weighted by Gasteiger charge is 2.48. The van der Waals surface area contributed by atoms with Crippen molar-refractivity contribution in [3.63, 3.8) is 0 Å². The Balaban J connectivity index is 5.10. The minimum atomic E-state index is -3.75. The predicted octanol–water partition coefficient (Wildman–Crippen LogP) is 4.14. The Hall–Kier alpha value is -1.64. The number of esters is 3. The van der Waals surface area contributed by atoms with Gasteiger partial charge in [-0.3, -0.25) is 14.4 Å². The average Bonchev–Trinajstić information content (AvgIpc) is 2.72. The molecule has 0 aromatic carbocycles. The number of ether oxygens (including phenoxy) is 3. The number of rotatable bonds is 18. The van der Waals surface area contributed by atoms with E-state index in [-0.39, 0.29) is 30.9 Å². The van der Waals surface area contributed by atoms with Crippen LogP contribution < -0.4 is 0 Å². The highest BCUT2D eigenvalue weighted by atomic mass is 32.2. The van der Waals surface area contributed by atoms with Crippen molar-refractivity contribution >= 4 is 27.7 Å². The van der Waals surface area contributed by atoms with Gasteiger partial charge in [-0.15, -0.1) is 0 Å². The van der Waals surface area contributed by atoms with Gasteiger partial charge in [-0.2, -0.15) is 0 Å². The number of sulfone groups is 1. The van der Waals surface area contributed by atoms with Crippen LogP contribution in [0.2, 0.25) is 0 Å². The van der Waals surface area contributed by atoms with E-state index in [4.69, 9.17) is 9.47 Å². The van der Waals surface area contributed by atoms with Crippen LogP contribution in [0.15, 0.2) is 0 Å². The number of hydrogen-bond donors (Lipinski definition) is 0. The molecule has 2 unspecified atom stereocenters. The maximum atomic E-state index is 12.7. The van der Waals surface area contributed by atoms with Gasteiger partial charge < -0.3 is 14.2 Å². The molecule has 188 valence electrons. The van der Waals surface area contributed by atoms with Crippen LogP contribution in [0.4, 0.5) is 0 Å². The molecule has 0 saturated carbocycles. The molecule has 2 atom stereocenters. The molecule has 0 aliphatic rings. The summed E-state index contributed by atoms with van der Waals surface area (Å²) in [5.41, 5.74) is 0. The lowest BCUT2D eigenvalue weighted by atomic mass is 9.92. The van der Waals surface area contributed by atoms with Crippen LogP contribution in [-0.2, 0) is 38.4 Å². The second-order valence-electron chi connectivity index (χ2n) is 8.37. The standard InChI is InChI=1S/C23H42O8S/c1-6-7-10-14-20(31-19(2)24)15-13-18-23(22(26)30-4,32(5,27)28)17-12-9-8-11-16-21(25)29-3/h20H,6-18H2,1-5H3. The Bertz CT molecular complexity index is 673. The minimum absolute atomic E-state index is 0.117. The van der Waals surface area contributed by atoms with Gasteiger partial charge in [-0.1, -0.05) is 39.0 Å². The summed E-state index contributed by atoms with van der Waals surface area (Å²) in [6, 6.07) is 0. The molecule has 0 heterocycles. The summed E-state index contributed by atoms with van der Waals surface area (Å²) in [7, 11) is -1.20. The first-order valence-electron chi connectivity index (χ1n) is 11.6. The molecule has 0 rings (SSSR count). The number of hydrogen-bond acceptors (Lipinski definition) is 8.